The van der Waals surface area contributed by atoms with Gasteiger partial charge in [-0.05, 0) is 25.8 Å². The zero-order chi connectivity index (χ0) is 9.80. The largest absolute Gasteiger partial charge is 0.472 e. The van der Waals surface area contributed by atoms with Crippen LogP contribution in [0.1, 0.15) is 25.3 Å². The van der Waals surface area contributed by atoms with E-state index in [0.717, 1.165) is 26.0 Å². The van der Waals surface area contributed by atoms with Crippen LogP contribution in [0.2, 0.25) is 0 Å². The molecule has 78 valence electrons. The number of rotatable bonds is 3. The van der Waals surface area contributed by atoms with Gasteiger partial charge in [0.05, 0.1) is 18.6 Å². The molecule has 0 aliphatic carbocycles. The highest BCUT2D eigenvalue weighted by atomic mass is 16.5. The molecule has 2 rings (SSSR count). The molecule has 0 spiro atoms. The molecule has 1 aliphatic rings. The third-order valence-corrected chi connectivity index (χ3v) is 2.66. The second kappa shape index (κ2) is 4.62. The van der Waals surface area contributed by atoms with Crippen LogP contribution in [0, 0.1) is 0 Å². The highest BCUT2D eigenvalue weighted by Gasteiger charge is 2.18. The molecule has 1 aromatic heterocycles. The minimum atomic E-state index is 0.394. The number of ether oxygens (including phenoxy) is 1. The van der Waals surface area contributed by atoms with Crippen LogP contribution in [0.4, 0.5) is 0 Å². The van der Waals surface area contributed by atoms with Crippen LogP contribution >= 0.6 is 0 Å². The van der Waals surface area contributed by atoms with Crippen LogP contribution in [0.3, 0.4) is 0 Å². The molecule has 1 aliphatic heterocycles. The van der Waals surface area contributed by atoms with Crippen LogP contribution in [0.25, 0.3) is 0 Å². The molecule has 2 unspecified atom stereocenters. The molecule has 14 heavy (non-hydrogen) atoms. The predicted molar refractivity (Wildman–Crippen MR) is 54.0 cm³/mol. The molecule has 0 saturated carbocycles. The van der Waals surface area contributed by atoms with Gasteiger partial charge in [-0.25, -0.2) is 0 Å². The Labute approximate surface area is 84.4 Å². The SMILES string of the molecule is CC1CC(NCc2ccoc2)CCO1. The molecular weight excluding hydrogens is 178 g/mol. The normalized spacial score (nSPS) is 27.8. The van der Waals surface area contributed by atoms with Crippen molar-refractivity contribution in [3.05, 3.63) is 24.2 Å². The van der Waals surface area contributed by atoms with Crippen molar-refractivity contribution >= 4 is 0 Å². The van der Waals surface area contributed by atoms with E-state index in [2.05, 4.69) is 12.2 Å². The maximum absolute atomic E-state index is 5.49. The molecule has 1 aromatic rings. The number of nitrogens with one attached hydrogen (secondary N) is 1. The molecule has 1 saturated heterocycles. The summed E-state index contributed by atoms with van der Waals surface area (Å²) in [7, 11) is 0. The number of hydrogen-bond acceptors (Lipinski definition) is 3. The van der Waals surface area contributed by atoms with Gasteiger partial charge in [0, 0.05) is 24.8 Å². The molecule has 2 atom stereocenters. The summed E-state index contributed by atoms with van der Waals surface area (Å²) in [6.45, 7) is 3.91. The number of hydrogen-bond donors (Lipinski definition) is 1. The van der Waals surface area contributed by atoms with Crippen LogP contribution < -0.4 is 5.32 Å². The maximum atomic E-state index is 5.49. The summed E-state index contributed by atoms with van der Waals surface area (Å²) >= 11 is 0. The lowest BCUT2D eigenvalue weighted by Gasteiger charge is -2.27. The molecular formula is C11H17NO2. The van der Waals surface area contributed by atoms with E-state index in [0.29, 0.717) is 12.1 Å². The second-order valence-corrected chi connectivity index (χ2v) is 3.92. The lowest BCUT2D eigenvalue weighted by atomic mass is 10.0. The zero-order valence-corrected chi connectivity index (χ0v) is 8.53. The molecule has 1 N–H and O–H groups in total. The van der Waals surface area contributed by atoms with E-state index in [1.54, 1.807) is 12.5 Å². The van der Waals surface area contributed by atoms with E-state index in [-0.39, 0.29) is 0 Å². The fourth-order valence-corrected chi connectivity index (χ4v) is 1.84. The summed E-state index contributed by atoms with van der Waals surface area (Å²) < 4.78 is 10.5. The van der Waals surface area contributed by atoms with Crippen molar-refractivity contribution in [2.75, 3.05) is 6.61 Å². The Morgan fingerprint density at radius 2 is 2.50 bits per heavy atom. The monoisotopic (exact) mass is 195 g/mol. The van der Waals surface area contributed by atoms with Crippen LogP contribution in [-0.2, 0) is 11.3 Å². The highest BCUT2D eigenvalue weighted by molar-refractivity contribution is 5.04. The van der Waals surface area contributed by atoms with Gasteiger partial charge in [-0.1, -0.05) is 0 Å². The smallest absolute Gasteiger partial charge is 0.0947 e. The predicted octanol–water partition coefficient (Wildman–Crippen LogP) is 1.94. The van der Waals surface area contributed by atoms with E-state index in [1.807, 2.05) is 6.07 Å². The fraction of sp³-hybridized carbons (Fsp3) is 0.636. The van der Waals surface area contributed by atoms with Crippen LogP contribution in [-0.4, -0.2) is 18.8 Å². The summed E-state index contributed by atoms with van der Waals surface area (Å²) in [4.78, 5) is 0. The molecule has 0 radical (unpaired) electrons. The fourth-order valence-electron chi connectivity index (χ4n) is 1.84. The van der Waals surface area contributed by atoms with Crippen molar-refractivity contribution in [2.24, 2.45) is 0 Å². The van der Waals surface area contributed by atoms with E-state index in [1.165, 1.54) is 5.56 Å². The lowest BCUT2D eigenvalue weighted by Crippen LogP contribution is -2.37. The quantitative estimate of drug-likeness (QED) is 0.800. The first-order valence-electron chi connectivity index (χ1n) is 5.20. The van der Waals surface area contributed by atoms with Crippen molar-refractivity contribution < 1.29 is 9.15 Å². The molecule has 0 bridgehead atoms. The van der Waals surface area contributed by atoms with E-state index in [9.17, 15) is 0 Å². The van der Waals surface area contributed by atoms with Gasteiger partial charge in [-0.3, -0.25) is 0 Å². The van der Waals surface area contributed by atoms with Crippen LogP contribution in [0.5, 0.6) is 0 Å². The van der Waals surface area contributed by atoms with Gasteiger partial charge in [0.25, 0.3) is 0 Å². The first-order chi connectivity index (χ1) is 6.84. The van der Waals surface area contributed by atoms with E-state index < -0.39 is 0 Å². The van der Waals surface area contributed by atoms with Gasteiger partial charge in [0.1, 0.15) is 0 Å². The summed E-state index contributed by atoms with van der Waals surface area (Å²) in [5, 5.41) is 3.51. The summed E-state index contributed by atoms with van der Waals surface area (Å²) in [6.07, 6.45) is 6.12. The highest BCUT2D eigenvalue weighted by Crippen LogP contribution is 2.13. The number of furan rings is 1. The van der Waals surface area contributed by atoms with Crippen LogP contribution in [0.15, 0.2) is 23.0 Å². The average molecular weight is 195 g/mol. The van der Waals surface area contributed by atoms with Crippen molar-refractivity contribution in [1.82, 2.24) is 5.32 Å². The summed E-state index contributed by atoms with van der Waals surface area (Å²) in [6, 6.07) is 2.59. The topological polar surface area (TPSA) is 34.4 Å². The molecule has 2 heterocycles. The first kappa shape index (κ1) is 9.74. The first-order valence-corrected chi connectivity index (χ1v) is 5.20. The Morgan fingerprint density at radius 3 is 3.21 bits per heavy atom. The average Bonchev–Trinajstić information content (AvgIpc) is 2.67. The van der Waals surface area contributed by atoms with E-state index >= 15 is 0 Å². The van der Waals surface area contributed by atoms with Crippen molar-refractivity contribution in [1.29, 1.82) is 0 Å². The van der Waals surface area contributed by atoms with E-state index in [4.69, 9.17) is 9.15 Å². The van der Waals surface area contributed by atoms with Gasteiger partial charge in [0.2, 0.25) is 0 Å². The maximum Gasteiger partial charge on any atom is 0.0947 e. The Morgan fingerprint density at radius 1 is 1.57 bits per heavy atom. The minimum Gasteiger partial charge on any atom is -0.472 e. The summed E-state index contributed by atoms with van der Waals surface area (Å²) in [5.74, 6) is 0. The van der Waals surface area contributed by atoms with Gasteiger partial charge in [0.15, 0.2) is 0 Å². The Kier molecular flexibility index (Phi) is 3.22. The van der Waals surface area contributed by atoms with Gasteiger partial charge in [-0.2, -0.15) is 0 Å². The molecule has 1 fully saturated rings. The van der Waals surface area contributed by atoms with Crippen molar-refractivity contribution in [2.45, 2.75) is 38.5 Å². The van der Waals surface area contributed by atoms with Gasteiger partial charge in [-0.15, -0.1) is 0 Å². The Balaban J connectivity index is 1.75. The summed E-state index contributed by atoms with van der Waals surface area (Å²) in [5.41, 5.74) is 1.21. The minimum absolute atomic E-state index is 0.394. The molecule has 0 aromatic carbocycles. The second-order valence-electron chi connectivity index (χ2n) is 3.92. The van der Waals surface area contributed by atoms with Gasteiger partial charge >= 0.3 is 0 Å². The zero-order valence-electron chi connectivity index (χ0n) is 8.53. The third kappa shape index (κ3) is 2.59. The molecule has 0 amide bonds. The lowest BCUT2D eigenvalue weighted by molar-refractivity contribution is 0.0130. The third-order valence-electron chi connectivity index (χ3n) is 2.66. The molecule has 3 nitrogen and oxygen atoms in total. The standard InChI is InChI=1S/C11H17NO2/c1-9-6-11(3-5-14-9)12-7-10-2-4-13-8-10/h2,4,8-9,11-12H,3,5-7H2,1H3. The Bertz CT molecular complexity index is 258. The van der Waals surface area contributed by atoms with Gasteiger partial charge < -0.3 is 14.5 Å². The van der Waals surface area contributed by atoms with Crippen molar-refractivity contribution in [3.8, 4) is 0 Å². The van der Waals surface area contributed by atoms with Crippen molar-refractivity contribution in [3.63, 3.8) is 0 Å². The molecule has 3 heteroatoms. The Hall–Kier alpha value is -0.800.